The fourth-order valence-electron chi connectivity index (χ4n) is 3.81. The van der Waals surface area contributed by atoms with E-state index in [-0.39, 0.29) is 25.4 Å². The van der Waals surface area contributed by atoms with Gasteiger partial charge in [0.15, 0.2) is 0 Å². The number of fused-ring (bicyclic) bond motifs is 1. The lowest BCUT2D eigenvalue weighted by molar-refractivity contribution is -0.131. The van der Waals surface area contributed by atoms with E-state index in [0.717, 1.165) is 33.2 Å². The van der Waals surface area contributed by atoms with E-state index < -0.39 is 10.0 Å². The van der Waals surface area contributed by atoms with E-state index in [9.17, 15) is 13.2 Å². The van der Waals surface area contributed by atoms with Crippen LogP contribution in [0, 0.1) is 13.8 Å². The van der Waals surface area contributed by atoms with Gasteiger partial charge in [-0.3, -0.25) is 4.79 Å². The highest BCUT2D eigenvalue weighted by Gasteiger charge is 2.27. The van der Waals surface area contributed by atoms with E-state index >= 15 is 0 Å². The maximum Gasteiger partial charge on any atom is 0.236 e. The van der Waals surface area contributed by atoms with Gasteiger partial charge in [0.1, 0.15) is 5.58 Å². The van der Waals surface area contributed by atoms with E-state index in [4.69, 9.17) is 4.42 Å². The standard InChI is InChI=1S/C24H26N2O4S/c1-18-8-9-22-21(17-30-24(22)19(18)2)16-23(27)25-11-13-26(14-12-25)31(28,29)15-10-20-6-4-3-5-7-20/h3-10,15,17H,11-14,16H2,1-2H3. The van der Waals surface area contributed by atoms with E-state index in [1.807, 2.05) is 56.3 Å². The van der Waals surface area contributed by atoms with Gasteiger partial charge in [0.2, 0.25) is 15.9 Å². The second-order valence-electron chi connectivity index (χ2n) is 7.86. The molecule has 0 spiro atoms. The lowest BCUT2D eigenvalue weighted by Crippen LogP contribution is -2.50. The Balaban J connectivity index is 1.38. The predicted octanol–water partition coefficient (Wildman–Crippen LogP) is 3.74. The number of piperazine rings is 1. The molecule has 1 amide bonds. The smallest absolute Gasteiger partial charge is 0.236 e. The van der Waals surface area contributed by atoms with Gasteiger partial charge in [-0.1, -0.05) is 42.5 Å². The molecule has 2 aromatic carbocycles. The molecule has 0 unspecified atom stereocenters. The van der Waals surface area contributed by atoms with Crippen molar-refractivity contribution in [3.05, 3.63) is 76.4 Å². The highest BCUT2D eigenvalue weighted by molar-refractivity contribution is 7.92. The molecule has 31 heavy (non-hydrogen) atoms. The lowest BCUT2D eigenvalue weighted by atomic mass is 10.0. The number of nitrogens with zero attached hydrogens (tertiary/aromatic N) is 2. The van der Waals surface area contributed by atoms with Gasteiger partial charge in [-0.2, -0.15) is 4.31 Å². The highest BCUT2D eigenvalue weighted by Crippen LogP contribution is 2.27. The molecule has 1 aromatic heterocycles. The van der Waals surface area contributed by atoms with Crippen LogP contribution in [0.15, 0.2) is 58.6 Å². The Labute approximate surface area is 182 Å². The average Bonchev–Trinajstić information content (AvgIpc) is 3.19. The SMILES string of the molecule is Cc1ccc2c(CC(=O)N3CCN(S(=O)(=O)C=Cc4ccccc4)CC3)coc2c1C. The largest absolute Gasteiger partial charge is 0.464 e. The summed E-state index contributed by atoms with van der Waals surface area (Å²) in [5.41, 5.74) is 4.75. The van der Waals surface area contributed by atoms with Crippen molar-refractivity contribution >= 4 is 33.0 Å². The van der Waals surface area contributed by atoms with Crippen molar-refractivity contribution in [2.75, 3.05) is 26.2 Å². The summed E-state index contributed by atoms with van der Waals surface area (Å²) in [6, 6.07) is 13.3. The van der Waals surface area contributed by atoms with Crippen LogP contribution in [-0.4, -0.2) is 49.7 Å². The molecular weight excluding hydrogens is 412 g/mol. The van der Waals surface area contributed by atoms with Crippen molar-refractivity contribution in [2.24, 2.45) is 0 Å². The molecular formula is C24H26N2O4S. The fourth-order valence-corrected chi connectivity index (χ4v) is 4.98. The number of carbonyl (C=O) groups excluding carboxylic acids is 1. The lowest BCUT2D eigenvalue weighted by Gasteiger charge is -2.33. The van der Waals surface area contributed by atoms with Crippen molar-refractivity contribution in [2.45, 2.75) is 20.3 Å². The second kappa shape index (κ2) is 8.69. The molecule has 7 heteroatoms. The van der Waals surface area contributed by atoms with Crippen LogP contribution in [-0.2, 0) is 21.2 Å². The Kier molecular flexibility index (Phi) is 5.98. The van der Waals surface area contributed by atoms with E-state index in [2.05, 4.69) is 0 Å². The summed E-state index contributed by atoms with van der Waals surface area (Å²) in [6.07, 6.45) is 3.50. The van der Waals surface area contributed by atoms with E-state index in [1.165, 1.54) is 9.71 Å². The molecule has 6 nitrogen and oxygen atoms in total. The van der Waals surface area contributed by atoms with Gasteiger partial charge in [0, 0.05) is 42.5 Å². The Morgan fingerprint density at radius 1 is 1.03 bits per heavy atom. The Morgan fingerprint density at radius 3 is 2.45 bits per heavy atom. The summed E-state index contributed by atoms with van der Waals surface area (Å²) in [4.78, 5) is 14.6. The van der Waals surface area contributed by atoms with E-state index in [0.29, 0.717) is 13.1 Å². The molecule has 1 aliphatic rings. The average molecular weight is 439 g/mol. The first-order chi connectivity index (χ1) is 14.8. The topological polar surface area (TPSA) is 70.8 Å². The number of rotatable bonds is 5. The molecule has 4 rings (SSSR count). The molecule has 162 valence electrons. The van der Waals surface area contributed by atoms with Crippen LogP contribution < -0.4 is 0 Å². The highest BCUT2D eigenvalue weighted by atomic mass is 32.2. The third kappa shape index (κ3) is 4.57. The Hall–Kier alpha value is -2.90. The molecule has 1 saturated heterocycles. The molecule has 0 saturated carbocycles. The molecule has 0 atom stereocenters. The summed E-state index contributed by atoms with van der Waals surface area (Å²) < 4.78 is 32.4. The quantitative estimate of drug-likeness (QED) is 0.609. The summed E-state index contributed by atoms with van der Waals surface area (Å²) in [6.45, 7) is 5.38. The molecule has 3 aromatic rings. The van der Waals surface area contributed by atoms with Gasteiger partial charge in [-0.05, 0) is 36.6 Å². The maximum absolute atomic E-state index is 12.8. The van der Waals surface area contributed by atoms with Crippen molar-refractivity contribution in [1.29, 1.82) is 0 Å². The van der Waals surface area contributed by atoms with Gasteiger partial charge in [0.05, 0.1) is 12.7 Å². The number of furan rings is 1. The first-order valence-corrected chi connectivity index (χ1v) is 11.8. The van der Waals surface area contributed by atoms with Gasteiger partial charge in [-0.15, -0.1) is 0 Å². The number of aryl methyl sites for hydroxylation is 2. The van der Waals surface area contributed by atoms with Gasteiger partial charge >= 0.3 is 0 Å². The summed E-state index contributed by atoms with van der Waals surface area (Å²) >= 11 is 0. The maximum atomic E-state index is 12.8. The predicted molar refractivity (Wildman–Crippen MR) is 122 cm³/mol. The van der Waals surface area contributed by atoms with Crippen molar-refractivity contribution < 1.29 is 17.6 Å². The van der Waals surface area contributed by atoms with Crippen molar-refractivity contribution in [3.8, 4) is 0 Å². The van der Waals surface area contributed by atoms with Crippen LogP contribution in [0.4, 0.5) is 0 Å². The zero-order valence-corrected chi connectivity index (χ0v) is 18.6. The molecule has 2 heterocycles. The van der Waals surface area contributed by atoms with Crippen molar-refractivity contribution in [1.82, 2.24) is 9.21 Å². The van der Waals surface area contributed by atoms with Gasteiger partial charge in [0.25, 0.3) is 0 Å². The third-order valence-electron chi connectivity index (χ3n) is 5.87. The van der Waals surface area contributed by atoms with E-state index in [1.54, 1.807) is 17.2 Å². The van der Waals surface area contributed by atoms with Crippen molar-refractivity contribution in [3.63, 3.8) is 0 Å². The number of carbonyl (C=O) groups is 1. The summed E-state index contributed by atoms with van der Waals surface area (Å²) in [5, 5.41) is 2.20. The second-order valence-corrected chi connectivity index (χ2v) is 9.68. The monoisotopic (exact) mass is 438 g/mol. The summed E-state index contributed by atoms with van der Waals surface area (Å²) in [7, 11) is -3.52. The first kappa shape index (κ1) is 21.3. The summed E-state index contributed by atoms with van der Waals surface area (Å²) in [5.74, 6) is -0.0159. The molecule has 0 N–H and O–H groups in total. The molecule has 0 radical (unpaired) electrons. The molecule has 0 aliphatic carbocycles. The zero-order valence-electron chi connectivity index (χ0n) is 17.7. The van der Waals surface area contributed by atoms with Gasteiger partial charge in [-0.25, -0.2) is 8.42 Å². The van der Waals surface area contributed by atoms with Crippen LogP contribution in [0.3, 0.4) is 0 Å². The van der Waals surface area contributed by atoms with Crippen LogP contribution in [0.2, 0.25) is 0 Å². The van der Waals surface area contributed by atoms with Gasteiger partial charge < -0.3 is 9.32 Å². The Bertz CT molecular complexity index is 1220. The minimum absolute atomic E-state index is 0.0159. The first-order valence-electron chi connectivity index (χ1n) is 10.3. The minimum atomic E-state index is -3.52. The molecule has 1 aliphatic heterocycles. The van der Waals surface area contributed by atoms with Crippen LogP contribution in [0.25, 0.3) is 17.0 Å². The molecule has 1 fully saturated rings. The van der Waals surface area contributed by atoms with Crippen LogP contribution >= 0.6 is 0 Å². The third-order valence-corrected chi connectivity index (χ3v) is 7.43. The number of hydrogen-bond donors (Lipinski definition) is 0. The number of benzene rings is 2. The minimum Gasteiger partial charge on any atom is -0.464 e. The fraction of sp³-hybridized carbons (Fsp3) is 0.292. The van der Waals surface area contributed by atoms with Crippen LogP contribution in [0.1, 0.15) is 22.3 Å². The number of sulfonamides is 1. The van der Waals surface area contributed by atoms with Crippen LogP contribution in [0.5, 0.6) is 0 Å². The molecule has 0 bridgehead atoms. The number of amides is 1. The zero-order chi connectivity index (χ0) is 22.0. The normalized spacial score (nSPS) is 15.7. The number of hydrogen-bond acceptors (Lipinski definition) is 4. The Morgan fingerprint density at radius 2 is 1.74 bits per heavy atom.